The van der Waals surface area contributed by atoms with Crippen LogP contribution in [0, 0.1) is 17.1 Å². The molecule has 1 fully saturated rings. The molecule has 1 aliphatic heterocycles. The maximum Gasteiger partial charge on any atom is 0.152 e. The average molecular weight is 377 g/mol. The van der Waals surface area contributed by atoms with E-state index in [1.54, 1.807) is 12.1 Å². The van der Waals surface area contributed by atoms with Crippen LogP contribution in [-0.4, -0.2) is 32.6 Å². The van der Waals surface area contributed by atoms with E-state index in [4.69, 9.17) is 10.7 Å². The average Bonchev–Trinajstić information content (AvgIpc) is 3.10. The smallest absolute Gasteiger partial charge is 0.152 e. The first-order valence-corrected chi connectivity index (χ1v) is 9.11. The van der Waals surface area contributed by atoms with Crippen molar-refractivity contribution in [2.75, 3.05) is 23.7 Å². The van der Waals surface area contributed by atoms with Gasteiger partial charge in [0.15, 0.2) is 5.82 Å². The van der Waals surface area contributed by atoms with Gasteiger partial charge in [0, 0.05) is 37.8 Å². The van der Waals surface area contributed by atoms with Gasteiger partial charge in [0.1, 0.15) is 35.4 Å². The highest BCUT2D eigenvalue weighted by Crippen LogP contribution is 2.32. The van der Waals surface area contributed by atoms with Gasteiger partial charge in [0.05, 0.1) is 5.69 Å². The lowest BCUT2D eigenvalue weighted by Crippen LogP contribution is -2.35. The molecule has 0 bridgehead atoms. The molecule has 3 heterocycles. The van der Waals surface area contributed by atoms with E-state index in [-0.39, 0.29) is 11.6 Å². The molecule has 0 atom stereocenters. The first kappa shape index (κ1) is 17.9. The van der Waals surface area contributed by atoms with Gasteiger partial charge in [-0.15, -0.1) is 0 Å². The lowest BCUT2D eigenvalue weighted by molar-refractivity contribution is 0.473. The lowest BCUT2D eigenvalue weighted by Gasteiger charge is -2.32. The minimum Gasteiger partial charge on any atom is -0.382 e. The third kappa shape index (κ3) is 3.27. The summed E-state index contributed by atoms with van der Waals surface area (Å²) in [6, 6.07) is 8.48. The first-order chi connectivity index (χ1) is 13.6. The molecule has 0 radical (unpaired) electrons. The quantitative estimate of drug-likeness (QED) is 0.754. The Hall–Kier alpha value is -3.47. The summed E-state index contributed by atoms with van der Waals surface area (Å²) in [6.45, 7) is 1.52. The summed E-state index contributed by atoms with van der Waals surface area (Å²) >= 11 is 0. The van der Waals surface area contributed by atoms with E-state index in [9.17, 15) is 9.65 Å². The van der Waals surface area contributed by atoms with E-state index in [1.807, 2.05) is 17.8 Å². The minimum absolute atomic E-state index is 0.211. The summed E-state index contributed by atoms with van der Waals surface area (Å²) in [5.74, 6) is 1.87. The van der Waals surface area contributed by atoms with Gasteiger partial charge < -0.3 is 15.2 Å². The molecule has 8 heteroatoms. The lowest BCUT2D eigenvalue weighted by atomic mass is 9.95. The number of aryl methyl sites for hydroxylation is 1. The van der Waals surface area contributed by atoms with Crippen LogP contribution in [0.15, 0.2) is 36.8 Å². The zero-order valence-corrected chi connectivity index (χ0v) is 15.5. The molecule has 0 spiro atoms. The van der Waals surface area contributed by atoms with Crippen molar-refractivity contribution in [2.45, 2.75) is 18.8 Å². The summed E-state index contributed by atoms with van der Waals surface area (Å²) in [5.41, 5.74) is 7.88. The standard InChI is InChI=1S/C20H20FN7/c1-27-11-17(13-2-4-15(21)5-3-13)26-19(27)14-6-8-28(9-7-14)20-16(10-22)18(23)24-12-25-20/h2-5,11-12,14H,6-9H2,1H3,(H2,23,24,25). The molecule has 3 aromatic rings. The van der Waals surface area contributed by atoms with Gasteiger partial charge in [-0.2, -0.15) is 5.26 Å². The number of aromatic nitrogens is 4. The topological polar surface area (TPSA) is 96.7 Å². The van der Waals surface area contributed by atoms with Crippen molar-refractivity contribution in [1.82, 2.24) is 19.5 Å². The second-order valence-electron chi connectivity index (χ2n) is 6.93. The number of nitrogens with zero attached hydrogens (tertiary/aromatic N) is 6. The molecule has 0 amide bonds. The largest absolute Gasteiger partial charge is 0.382 e. The van der Waals surface area contributed by atoms with Crippen LogP contribution in [0.2, 0.25) is 0 Å². The van der Waals surface area contributed by atoms with Gasteiger partial charge in [0.25, 0.3) is 0 Å². The summed E-state index contributed by atoms with van der Waals surface area (Å²) in [7, 11) is 1.99. The number of hydrogen-bond donors (Lipinski definition) is 1. The molecule has 4 rings (SSSR count). The van der Waals surface area contributed by atoms with E-state index >= 15 is 0 Å². The van der Waals surface area contributed by atoms with Gasteiger partial charge in [-0.05, 0) is 37.1 Å². The van der Waals surface area contributed by atoms with Gasteiger partial charge in [-0.3, -0.25) is 0 Å². The minimum atomic E-state index is -0.255. The number of nitrogen functional groups attached to an aromatic ring is 1. The summed E-state index contributed by atoms with van der Waals surface area (Å²) < 4.78 is 15.2. The van der Waals surface area contributed by atoms with E-state index in [1.165, 1.54) is 18.5 Å². The zero-order chi connectivity index (χ0) is 19.7. The summed E-state index contributed by atoms with van der Waals surface area (Å²) in [5, 5.41) is 9.35. The molecular formula is C20H20FN7. The molecule has 2 N–H and O–H groups in total. The molecule has 2 aromatic heterocycles. The van der Waals surface area contributed by atoms with Crippen LogP contribution in [0.1, 0.15) is 30.1 Å². The molecule has 0 aliphatic carbocycles. The number of hydrogen-bond acceptors (Lipinski definition) is 6. The SMILES string of the molecule is Cn1cc(-c2ccc(F)cc2)nc1C1CCN(c2ncnc(N)c2C#N)CC1. The van der Waals surface area contributed by atoms with Crippen LogP contribution in [0.25, 0.3) is 11.3 Å². The van der Waals surface area contributed by atoms with E-state index < -0.39 is 0 Å². The molecule has 7 nitrogen and oxygen atoms in total. The number of nitrogens with two attached hydrogens (primary N) is 1. The second-order valence-corrected chi connectivity index (χ2v) is 6.93. The van der Waals surface area contributed by atoms with Gasteiger partial charge in [-0.25, -0.2) is 19.3 Å². The van der Waals surface area contributed by atoms with Crippen LogP contribution >= 0.6 is 0 Å². The second kappa shape index (κ2) is 7.27. The Balaban J connectivity index is 1.51. The molecule has 0 unspecified atom stereocenters. The summed E-state index contributed by atoms with van der Waals surface area (Å²) in [6.07, 6.45) is 5.16. The highest BCUT2D eigenvalue weighted by atomic mass is 19.1. The summed E-state index contributed by atoms with van der Waals surface area (Å²) in [4.78, 5) is 15.0. The fourth-order valence-corrected chi connectivity index (χ4v) is 3.71. The Labute approximate surface area is 162 Å². The van der Waals surface area contributed by atoms with Crippen LogP contribution in [0.5, 0.6) is 0 Å². The Morgan fingerprint density at radius 1 is 1.18 bits per heavy atom. The molecule has 0 saturated carbocycles. The third-order valence-corrected chi connectivity index (χ3v) is 5.18. The molecule has 1 aliphatic rings. The fraction of sp³-hybridized carbons (Fsp3) is 0.300. The monoisotopic (exact) mass is 377 g/mol. The predicted molar refractivity (Wildman–Crippen MR) is 104 cm³/mol. The van der Waals surface area contributed by atoms with Crippen LogP contribution < -0.4 is 10.6 Å². The first-order valence-electron chi connectivity index (χ1n) is 9.11. The van der Waals surface area contributed by atoms with E-state index in [0.717, 1.165) is 43.0 Å². The Bertz CT molecular complexity index is 1030. The number of imidazole rings is 1. The van der Waals surface area contributed by atoms with Gasteiger partial charge in [0.2, 0.25) is 0 Å². The van der Waals surface area contributed by atoms with Gasteiger partial charge >= 0.3 is 0 Å². The highest BCUT2D eigenvalue weighted by molar-refractivity contribution is 5.63. The Morgan fingerprint density at radius 3 is 2.57 bits per heavy atom. The molecular weight excluding hydrogens is 357 g/mol. The molecule has 1 aromatic carbocycles. The number of rotatable bonds is 3. The number of anilines is 2. The number of halogens is 1. The van der Waals surface area contributed by atoms with Crippen molar-refractivity contribution in [3.63, 3.8) is 0 Å². The fourth-order valence-electron chi connectivity index (χ4n) is 3.71. The highest BCUT2D eigenvalue weighted by Gasteiger charge is 2.27. The van der Waals surface area contributed by atoms with E-state index in [2.05, 4.69) is 20.9 Å². The number of piperidine rings is 1. The van der Waals surface area contributed by atoms with Crippen molar-refractivity contribution >= 4 is 11.6 Å². The van der Waals surface area contributed by atoms with Crippen molar-refractivity contribution in [2.24, 2.45) is 7.05 Å². The van der Waals surface area contributed by atoms with Gasteiger partial charge in [-0.1, -0.05) is 0 Å². The maximum atomic E-state index is 13.2. The van der Waals surface area contributed by atoms with Crippen molar-refractivity contribution in [1.29, 1.82) is 5.26 Å². The molecule has 28 heavy (non-hydrogen) atoms. The van der Waals surface area contributed by atoms with Crippen LogP contribution in [0.4, 0.5) is 16.0 Å². The Kier molecular flexibility index (Phi) is 4.65. The molecule has 142 valence electrons. The third-order valence-electron chi connectivity index (χ3n) is 5.18. The molecule has 1 saturated heterocycles. The number of benzene rings is 1. The number of nitriles is 1. The Morgan fingerprint density at radius 2 is 1.89 bits per heavy atom. The van der Waals surface area contributed by atoms with Crippen LogP contribution in [-0.2, 0) is 7.05 Å². The van der Waals surface area contributed by atoms with E-state index in [0.29, 0.717) is 17.3 Å². The van der Waals surface area contributed by atoms with Crippen LogP contribution in [0.3, 0.4) is 0 Å². The maximum absolute atomic E-state index is 13.2. The zero-order valence-electron chi connectivity index (χ0n) is 15.5. The normalized spacial score (nSPS) is 14.8. The predicted octanol–water partition coefficient (Wildman–Crippen LogP) is 2.85. The van der Waals surface area contributed by atoms with Crippen molar-refractivity contribution < 1.29 is 4.39 Å². The van der Waals surface area contributed by atoms with Crippen molar-refractivity contribution in [3.05, 3.63) is 54.0 Å². The van der Waals surface area contributed by atoms with Crippen molar-refractivity contribution in [3.8, 4) is 17.3 Å².